The third-order valence-electron chi connectivity index (χ3n) is 7.42. The quantitative estimate of drug-likeness (QED) is 0.352. The molecule has 0 radical (unpaired) electrons. The summed E-state index contributed by atoms with van der Waals surface area (Å²) in [5.41, 5.74) is 5.42. The van der Waals surface area contributed by atoms with E-state index in [-0.39, 0.29) is 11.7 Å². The standard InChI is InChI=1S/C30H33F3/c1-4-21-9-15-26(28(31)18-21)23-10-6-22(7-11-23)8-12-24-13-16-27(30(33)29(24)32)25-14-5-19(2)17-20(25)3/h5,9,13-18,22-23H,4,6-8,10-12H2,1-3H3. The van der Waals surface area contributed by atoms with Gasteiger partial charge in [-0.2, -0.15) is 0 Å². The lowest BCUT2D eigenvalue weighted by molar-refractivity contribution is 0.305. The summed E-state index contributed by atoms with van der Waals surface area (Å²) in [6, 6.07) is 14.9. The Labute approximate surface area is 195 Å². The summed E-state index contributed by atoms with van der Waals surface area (Å²) in [6.45, 7) is 5.95. The zero-order valence-electron chi connectivity index (χ0n) is 19.9. The van der Waals surface area contributed by atoms with E-state index in [2.05, 4.69) is 0 Å². The molecule has 0 unspecified atom stereocenters. The molecule has 0 N–H and O–H groups in total. The van der Waals surface area contributed by atoms with Crippen LogP contribution in [0.15, 0.2) is 48.5 Å². The lowest BCUT2D eigenvalue weighted by atomic mass is 9.76. The summed E-state index contributed by atoms with van der Waals surface area (Å²) in [5, 5.41) is 0. The summed E-state index contributed by atoms with van der Waals surface area (Å²) in [7, 11) is 0. The smallest absolute Gasteiger partial charge is 0.166 e. The Kier molecular flexibility index (Phi) is 7.26. The van der Waals surface area contributed by atoms with Crippen molar-refractivity contribution in [3.8, 4) is 11.1 Å². The Morgan fingerprint density at radius 1 is 0.788 bits per heavy atom. The fraction of sp³-hybridized carbons (Fsp3) is 0.400. The Bertz CT molecular complexity index is 1120. The van der Waals surface area contributed by atoms with Gasteiger partial charge in [0.1, 0.15) is 5.82 Å². The zero-order valence-corrected chi connectivity index (χ0v) is 19.9. The van der Waals surface area contributed by atoms with Crippen molar-refractivity contribution < 1.29 is 13.2 Å². The van der Waals surface area contributed by atoms with Gasteiger partial charge < -0.3 is 0 Å². The van der Waals surface area contributed by atoms with Gasteiger partial charge in [-0.1, -0.05) is 55.0 Å². The van der Waals surface area contributed by atoms with E-state index in [0.717, 1.165) is 66.3 Å². The van der Waals surface area contributed by atoms with Crippen molar-refractivity contribution >= 4 is 0 Å². The Hall–Kier alpha value is -2.55. The number of hydrogen-bond donors (Lipinski definition) is 0. The van der Waals surface area contributed by atoms with E-state index < -0.39 is 11.6 Å². The van der Waals surface area contributed by atoms with Gasteiger partial charge in [0.2, 0.25) is 0 Å². The van der Waals surface area contributed by atoms with E-state index in [0.29, 0.717) is 23.5 Å². The monoisotopic (exact) mass is 450 g/mol. The summed E-state index contributed by atoms with van der Waals surface area (Å²) >= 11 is 0. The molecule has 3 aromatic rings. The predicted molar refractivity (Wildman–Crippen MR) is 130 cm³/mol. The van der Waals surface area contributed by atoms with Gasteiger partial charge in [-0.05, 0) is 105 Å². The van der Waals surface area contributed by atoms with Crippen LogP contribution in [0.1, 0.15) is 72.8 Å². The molecule has 174 valence electrons. The summed E-state index contributed by atoms with van der Waals surface area (Å²) in [5.74, 6) is -0.827. The van der Waals surface area contributed by atoms with Crippen LogP contribution < -0.4 is 0 Å². The Morgan fingerprint density at radius 2 is 1.52 bits per heavy atom. The maximum Gasteiger partial charge on any atom is 0.166 e. The van der Waals surface area contributed by atoms with Crippen molar-refractivity contribution in [1.82, 2.24) is 0 Å². The molecular weight excluding hydrogens is 417 g/mol. The first-order valence-corrected chi connectivity index (χ1v) is 12.2. The van der Waals surface area contributed by atoms with Crippen LogP contribution in [0.5, 0.6) is 0 Å². The molecular formula is C30H33F3. The molecule has 0 aromatic heterocycles. The van der Waals surface area contributed by atoms with Crippen LogP contribution in [0.25, 0.3) is 11.1 Å². The molecule has 4 rings (SSSR count). The van der Waals surface area contributed by atoms with Crippen LogP contribution in [-0.2, 0) is 12.8 Å². The summed E-state index contributed by atoms with van der Waals surface area (Å²) < 4.78 is 44.3. The normalized spacial score (nSPS) is 18.5. The molecule has 1 fully saturated rings. The third-order valence-corrected chi connectivity index (χ3v) is 7.42. The first-order chi connectivity index (χ1) is 15.9. The number of benzene rings is 3. The van der Waals surface area contributed by atoms with Crippen molar-refractivity contribution in [3.63, 3.8) is 0 Å². The van der Waals surface area contributed by atoms with Crippen LogP contribution in [0, 0.1) is 37.2 Å². The highest BCUT2D eigenvalue weighted by Crippen LogP contribution is 2.39. The lowest BCUT2D eigenvalue weighted by Gasteiger charge is -2.29. The first-order valence-electron chi connectivity index (χ1n) is 12.2. The van der Waals surface area contributed by atoms with Crippen molar-refractivity contribution in [3.05, 3.63) is 93.8 Å². The molecule has 3 heteroatoms. The second-order valence-electron chi connectivity index (χ2n) is 9.68. The molecule has 0 bridgehead atoms. The van der Waals surface area contributed by atoms with E-state index >= 15 is 0 Å². The SMILES string of the molecule is CCc1ccc(C2CCC(CCc3ccc(-c4ccc(C)cc4C)c(F)c3F)CC2)c(F)c1. The van der Waals surface area contributed by atoms with E-state index in [4.69, 9.17) is 0 Å². The van der Waals surface area contributed by atoms with Crippen molar-refractivity contribution in [2.45, 2.75) is 71.6 Å². The second-order valence-corrected chi connectivity index (χ2v) is 9.68. The fourth-order valence-corrected chi connectivity index (χ4v) is 5.35. The van der Waals surface area contributed by atoms with Gasteiger partial charge in [0.05, 0.1) is 0 Å². The van der Waals surface area contributed by atoms with Gasteiger partial charge in [0.25, 0.3) is 0 Å². The number of rotatable bonds is 6. The molecule has 1 aliphatic rings. The van der Waals surface area contributed by atoms with Gasteiger partial charge in [-0.25, -0.2) is 13.2 Å². The highest BCUT2D eigenvalue weighted by atomic mass is 19.2. The molecule has 0 saturated heterocycles. The molecule has 0 nitrogen and oxygen atoms in total. The predicted octanol–water partition coefficient (Wildman–Crippen LogP) is 8.86. The number of halogens is 3. The number of aryl methyl sites for hydroxylation is 4. The van der Waals surface area contributed by atoms with E-state index in [1.54, 1.807) is 18.2 Å². The van der Waals surface area contributed by atoms with Crippen molar-refractivity contribution in [1.29, 1.82) is 0 Å². The minimum Gasteiger partial charge on any atom is -0.207 e. The molecule has 0 amide bonds. The summed E-state index contributed by atoms with van der Waals surface area (Å²) in [4.78, 5) is 0. The van der Waals surface area contributed by atoms with Gasteiger partial charge in [-0.3, -0.25) is 0 Å². The van der Waals surface area contributed by atoms with Crippen LogP contribution >= 0.6 is 0 Å². The molecule has 1 aliphatic carbocycles. The molecule has 0 aliphatic heterocycles. The highest BCUT2D eigenvalue weighted by Gasteiger charge is 2.25. The molecule has 3 aromatic carbocycles. The van der Waals surface area contributed by atoms with Crippen LogP contribution in [0.2, 0.25) is 0 Å². The van der Waals surface area contributed by atoms with E-state index in [9.17, 15) is 13.2 Å². The molecule has 1 saturated carbocycles. The molecule has 33 heavy (non-hydrogen) atoms. The maximum absolute atomic E-state index is 14.9. The number of hydrogen-bond acceptors (Lipinski definition) is 0. The second kappa shape index (κ2) is 10.2. The Balaban J connectivity index is 1.38. The topological polar surface area (TPSA) is 0 Å². The third kappa shape index (κ3) is 5.18. The average molecular weight is 451 g/mol. The van der Waals surface area contributed by atoms with Crippen molar-refractivity contribution in [2.24, 2.45) is 5.92 Å². The highest BCUT2D eigenvalue weighted by molar-refractivity contribution is 5.68. The van der Waals surface area contributed by atoms with Gasteiger partial charge >= 0.3 is 0 Å². The van der Waals surface area contributed by atoms with Gasteiger partial charge in [-0.15, -0.1) is 0 Å². The van der Waals surface area contributed by atoms with E-state index in [1.165, 1.54) is 0 Å². The average Bonchev–Trinajstić information content (AvgIpc) is 2.81. The first kappa shape index (κ1) is 23.6. The van der Waals surface area contributed by atoms with Crippen LogP contribution in [-0.4, -0.2) is 0 Å². The minimum atomic E-state index is -0.755. The van der Waals surface area contributed by atoms with Crippen LogP contribution in [0.3, 0.4) is 0 Å². The molecule has 0 atom stereocenters. The fourth-order valence-electron chi connectivity index (χ4n) is 5.35. The van der Waals surface area contributed by atoms with Gasteiger partial charge in [0.15, 0.2) is 11.6 Å². The summed E-state index contributed by atoms with van der Waals surface area (Å²) in [6.07, 6.45) is 6.13. The van der Waals surface area contributed by atoms with E-state index in [1.807, 2.05) is 51.1 Å². The zero-order chi connectivity index (χ0) is 23.5. The largest absolute Gasteiger partial charge is 0.207 e. The lowest BCUT2D eigenvalue weighted by Crippen LogP contribution is -2.15. The molecule has 0 heterocycles. The minimum absolute atomic E-state index is 0.0840. The maximum atomic E-state index is 14.9. The molecule has 0 spiro atoms. The Morgan fingerprint density at radius 3 is 2.18 bits per heavy atom. The van der Waals surface area contributed by atoms with Crippen LogP contribution in [0.4, 0.5) is 13.2 Å². The van der Waals surface area contributed by atoms with Crippen molar-refractivity contribution in [2.75, 3.05) is 0 Å². The van der Waals surface area contributed by atoms with Gasteiger partial charge in [0, 0.05) is 5.56 Å².